The van der Waals surface area contributed by atoms with Crippen LogP contribution in [0.4, 0.5) is 10.5 Å². The number of ether oxygens (including phenoxy) is 2. The molecule has 1 heterocycles. The summed E-state index contributed by atoms with van der Waals surface area (Å²) >= 11 is 0. The fourth-order valence-corrected chi connectivity index (χ4v) is 5.63. The first-order valence-corrected chi connectivity index (χ1v) is 18.1. The van der Waals surface area contributed by atoms with E-state index in [0.29, 0.717) is 4.90 Å². The van der Waals surface area contributed by atoms with Gasteiger partial charge in [-0.25, -0.2) is 14.5 Å². The normalized spacial score (nSPS) is 15.0. The van der Waals surface area contributed by atoms with E-state index in [-0.39, 0.29) is 29.7 Å². The minimum absolute atomic E-state index is 0.123. The van der Waals surface area contributed by atoms with Crippen molar-refractivity contribution in [2.45, 2.75) is 163 Å². The smallest absolute Gasteiger partial charge is 0.338 e. The molecule has 1 aromatic rings. The van der Waals surface area contributed by atoms with Crippen molar-refractivity contribution in [3.05, 3.63) is 23.8 Å². The van der Waals surface area contributed by atoms with Gasteiger partial charge in [-0.15, -0.1) is 0 Å². The van der Waals surface area contributed by atoms with Crippen LogP contribution in [0.25, 0.3) is 0 Å². The number of anilines is 1. The quantitative estimate of drug-likeness (QED) is 0.0548. The van der Waals surface area contributed by atoms with E-state index in [1.807, 2.05) is 13.8 Å². The Morgan fingerprint density at radius 2 is 1.38 bits per heavy atom. The fraction of sp³-hybridized carbons (Fsp3) is 0.711. The molecule has 10 heteroatoms. The highest BCUT2D eigenvalue weighted by atomic mass is 16.5. The van der Waals surface area contributed by atoms with Crippen molar-refractivity contribution in [1.82, 2.24) is 10.2 Å². The molecule has 0 bridgehead atoms. The average molecular weight is 672 g/mol. The van der Waals surface area contributed by atoms with E-state index in [4.69, 9.17) is 9.47 Å². The van der Waals surface area contributed by atoms with Crippen LogP contribution in [0.2, 0.25) is 0 Å². The third kappa shape index (κ3) is 12.9. The van der Waals surface area contributed by atoms with Gasteiger partial charge in [-0.05, 0) is 52.3 Å². The molecule has 0 aliphatic carbocycles. The summed E-state index contributed by atoms with van der Waals surface area (Å²) in [4.78, 5) is 66.9. The summed E-state index contributed by atoms with van der Waals surface area (Å²) in [5.74, 6) is -2.48. The lowest BCUT2D eigenvalue weighted by Crippen LogP contribution is -2.55. The Morgan fingerprint density at radius 3 is 1.83 bits per heavy atom. The number of esters is 1. The molecular weight excluding hydrogens is 610 g/mol. The molecule has 1 aromatic carbocycles. The molecule has 2 rings (SSSR count). The minimum Gasteiger partial charge on any atom is -0.489 e. The van der Waals surface area contributed by atoms with Crippen molar-refractivity contribution in [3.63, 3.8) is 0 Å². The van der Waals surface area contributed by atoms with Crippen molar-refractivity contribution < 1.29 is 33.4 Å². The second kappa shape index (κ2) is 19.5. The molecule has 4 amide bonds. The zero-order chi connectivity index (χ0) is 35.9. The molecule has 2 N–H and O–H groups in total. The molecule has 48 heavy (non-hydrogen) atoms. The van der Waals surface area contributed by atoms with Crippen molar-refractivity contribution in [2.24, 2.45) is 5.41 Å². The number of benzene rings is 1. The molecule has 270 valence electrons. The topological polar surface area (TPSA) is 131 Å². The Labute approximate surface area is 288 Å². The van der Waals surface area contributed by atoms with Crippen molar-refractivity contribution in [1.29, 1.82) is 0 Å². The van der Waals surface area contributed by atoms with E-state index in [0.717, 1.165) is 19.3 Å². The van der Waals surface area contributed by atoms with Gasteiger partial charge in [-0.1, -0.05) is 111 Å². The molecule has 1 aliphatic heterocycles. The number of hydrogen-bond donors (Lipinski definition) is 2. The van der Waals surface area contributed by atoms with Gasteiger partial charge in [0.05, 0.1) is 24.0 Å². The maximum Gasteiger partial charge on any atom is 0.338 e. The third-order valence-corrected chi connectivity index (χ3v) is 8.45. The van der Waals surface area contributed by atoms with Crippen LogP contribution in [0.3, 0.4) is 0 Å². The van der Waals surface area contributed by atoms with Gasteiger partial charge in [0.25, 0.3) is 11.8 Å². The summed E-state index contributed by atoms with van der Waals surface area (Å²) in [5.41, 5.74) is -2.01. The number of Topliss-reactive ketones (excluding diaryl/α,β-unsaturated/α-hetero) is 1. The average Bonchev–Trinajstić information content (AvgIpc) is 3.20. The highest BCUT2D eigenvalue weighted by Gasteiger charge is 2.53. The van der Waals surface area contributed by atoms with Gasteiger partial charge in [-0.3, -0.25) is 14.4 Å². The highest BCUT2D eigenvalue weighted by molar-refractivity contribution is 6.20. The molecule has 0 saturated carbocycles. The number of hydrogen-bond acceptors (Lipinski definition) is 7. The summed E-state index contributed by atoms with van der Waals surface area (Å²) in [7, 11) is 0. The number of nitrogens with zero attached hydrogens (tertiary/aromatic N) is 1. The summed E-state index contributed by atoms with van der Waals surface area (Å²) in [6.45, 7) is 14.0. The molecule has 1 unspecified atom stereocenters. The Kier molecular flexibility index (Phi) is 16.6. The number of carbonyl (C=O) groups is 5. The number of nitrogens with one attached hydrogen (secondary N) is 2. The first kappa shape index (κ1) is 40.7. The minimum atomic E-state index is -1.73. The SMILES string of the molecule is CCCCCCCCCCCCCCCCOC(=O)c1ccc(OC(C)C)c(NC(=O)C(C(=O)C(C)(C)C)N2C(=O)NC(C)(C)C2=O)c1. The van der Waals surface area contributed by atoms with Crippen LogP contribution in [-0.2, 0) is 19.1 Å². The van der Waals surface area contributed by atoms with Gasteiger partial charge in [0.2, 0.25) is 0 Å². The first-order valence-electron chi connectivity index (χ1n) is 18.1. The van der Waals surface area contributed by atoms with E-state index >= 15 is 0 Å². The first-order chi connectivity index (χ1) is 22.6. The number of ketones is 1. The Bertz CT molecular complexity index is 1240. The molecule has 0 radical (unpaired) electrons. The van der Waals surface area contributed by atoms with E-state index < -0.39 is 46.6 Å². The van der Waals surface area contributed by atoms with Gasteiger partial charge < -0.3 is 20.1 Å². The predicted molar refractivity (Wildman–Crippen MR) is 189 cm³/mol. The summed E-state index contributed by atoms with van der Waals surface area (Å²) in [6, 6.07) is 1.97. The third-order valence-electron chi connectivity index (χ3n) is 8.45. The lowest BCUT2D eigenvalue weighted by molar-refractivity contribution is -0.144. The number of rotatable bonds is 22. The van der Waals surface area contributed by atoms with Gasteiger partial charge in [0.1, 0.15) is 11.3 Å². The van der Waals surface area contributed by atoms with Crippen LogP contribution in [0.1, 0.15) is 156 Å². The van der Waals surface area contributed by atoms with Crippen LogP contribution in [0.5, 0.6) is 5.75 Å². The van der Waals surface area contributed by atoms with Crippen molar-refractivity contribution >= 4 is 35.3 Å². The number of amides is 4. The van der Waals surface area contributed by atoms with Crippen LogP contribution < -0.4 is 15.4 Å². The van der Waals surface area contributed by atoms with E-state index in [1.165, 1.54) is 90.5 Å². The van der Waals surface area contributed by atoms with Gasteiger partial charge in [0, 0.05) is 5.41 Å². The van der Waals surface area contributed by atoms with E-state index in [2.05, 4.69) is 17.6 Å². The number of unbranched alkanes of at least 4 members (excludes halogenated alkanes) is 13. The van der Waals surface area contributed by atoms with Crippen molar-refractivity contribution in [3.8, 4) is 5.75 Å². The van der Waals surface area contributed by atoms with Gasteiger partial charge in [0.15, 0.2) is 11.8 Å². The number of urea groups is 1. The van der Waals surface area contributed by atoms with Crippen LogP contribution >= 0.6 is 0 Å². The Balaban J connectivity index is 1.96. The zero-order valence-corrected chi connectivity index (χ0v) is 30.8. The maximum atomic E-state index is 13.8. The van der Waals surface area contributed by atoms with Crippen molar-refractivity contribution in [2.75, 3.05) is 11.9 Å². The van der Waals surface area contributed by atoms with Gasteiger partial charge >= 0.3 is 12.0 Å². The highest BCUT2D eigenvalue weighted by Crippen LogP contribution is 2.30. The Hall–Kier alpha value is -3.43. The van der Waals surface area contributed by atoms with Crippen LogP contribution in [0, 0.1) is 5.41 Å². The fourth-order valence-electron chi connectivity index (χ4n) is 5.63. The molecule has 0 spiro atoms. The molecule has 0 aromatic heterocycles. The molecule has 10 nitrogen and oxygen atoms in total. The molecule has 1 aliphatic rings. The second-order valence-corrected chi connectivity index (χ2v) is 14.8. The largest absolute Gasteiger partial charge is 0.489 e. The predicted octanol–water partition coefficient (Wildman–Crippen LogP) is 8.36. The molecular formula is C38H61N3O7. The standard InChI is InChI=1S/C38H61N3O7/c1-9-10-11-12-13-14-15-16-17-18-19-20-21-22-25-47-34(44)28-23-24-30(48-27(2)3)29(26-28)39-33(43)31(32(42)37(4,5)6)41-35(45)38(7,8)40-36(41)46/h23-24,26-27,31H,9-22,25H2,1-8H3,(H,39,43)(H,40,46). The summed E-state index contributed by atoms with van der Waals surface area (Å²) in [5, 5.41) is 5.20. The molecule has 1 saturated heterocycles. The Morgan fingerprint density at radius 1 is 0.854 bits per heavy atom. The maximum absolute atomic E-state index is 13.8. The monoisotopic (exact) mass is 671 g/mol. The second-order valence-electron chi connectivity index (χ2n) is 14.8. The number of carbonyl (C=O) groups excluding carboxylic acids is 5. The molecule has 1 fully saturated rings. The number of imide groups is 1. The zero-order valence-electron chi connectivity index (χ0n) is 30.8. The lowest BCUT2D eigenvalue weighted by Gasteiger charge is -2.29. The summed E-state index contributed by atoms with van der Waals surface area (Å²) < 4.78 is 11.4. The summed E-state index contributed by atoms with van der Waals surface area (Å²) in [6.07, 6.45) is 17.1. The lowest BCUT2D eigenvalue weighted by atomic mass is 9.85. The van der Waals surface area contributed by atoms with E-state index in [9.17, 15) is 24.0 Å². The van der Waals surface area contributed by atoms with E-state index in [1.54, 1.807) is 32.9 Å². The van der Waals surface area contributed by atoms with Crippen LogP contribution in [-0.4, -0.2) is 58.8 Å². The molecule has 1 atom stereocenters. The van der Waals surface area contributed by atoms with Crippen LogP contribution in [0.15, 0.2) is 18.2 Å². The van der Waals surface area contributed by atoms with Gasteiger partial charge in [-0.2, -0.15) is 0 Å².